The van der Waals surface area contributed by atoms with Gasteiger partial charge in [-0.15, -0.1) is 0 Å². The maximum atomic E-state index is 12.0. The molecule has 0 saturated heterocycles. The quantitative estimate of drug-likeness (QED) is 0.895. The molecule has 0 atom stereocenters. The molecule has 1 saturated carbocycles. The second-order valence-electron chi connectivity index (χ2n) is 5.94. The first-order valence-corrected chi connectivity index (χ1v) is 7.71. The van der Waals surface area contributed by atoms with Crippen molar-refractivity contribution in [1.82, 2.24) is 5.32 Å². The number of carbonyl (C=O) groups is 1. The first-order chi connectivity index (χ1) is 9.66. The summed E-state index contributed by atoms with van der Waals surface area (Å²) in [5.41, 5.74) is 2.49. The number of rotatable bonds is 5. The molecule has 1 amide bonds. The molecule has 1 aromatic carbocycles. The molecule has 0 bridgehead atoms. The van der Waals surface area contributed by atoms with E-state index in [9.17, 15) is 4.79 Å². The second kappa shape index (κ2) is 7.32. The van der Waals surface area contributed by atoms with Crippen molar-refractivity contribution < 1.29 is 4.79 Å². The average molecular weight is 274 g/mol. The summed E-state index contributed by atoms with van der Waals surface area (Å²) in [4.78, 5) is 14.1. The molecule has 1 aromatic rings. The zero-order valence-electron chi connectivity index (χ0n) is 12.7. The van der Waals surface area contributed by atoms with Crippen LogP contribution in [0.25, 0.3) is 0 Å². The van der Waals surface area contributed by atoms with Crippen LogP contribution < -0.4 is 10.2 Å². The monoisotopic (exact) mass is 274 g/mol. The highest BCUT2D eigenvalue weighted by Gasteiger charge is 2.20. The molecular formula is C17H26N2O. The molecular weight excluding hydrogens is 248 g/mol. The van der Waals surface area contributed by atoms with Gasteiger partial charge in [0, 0.05) is 32.2 Å². The highest BCUT2D eigenvalue weighted by Crippen LogP contribution is 2.23. The highest BCUT2D eigenvalue weighted by atomic mass is 16.1. The smallest absolute Gasteiger partial charge is 0.223 e. The van der Waals surface area contributed by atoms with Gasteiger partial charge in [-0.05, 0) is 37.0 Å². The zero-order chi connectivity index (χ0) is 14.4. The van der Waals surface area contributed by atoms with Gasteiger partial charge in [-0.3, -0.25) is 4.79 Å². The molecule has 1 aliphatic rings. The number of anilines is 1. The molecule has 0 spiro atoms. The lowest BCUT2D eigenvalue weighted by Crippen LogP contribution is -2.33. The van der Waals surface area contributed by atoms with Crippen molar-refractivity contribution >= 4 is 11.6 Å². The van der Waals surface area contributed by atoms with Gasteiger partial charge in [-0.1, -0.05) is 31.4 Å². The summed E-state index contributed by atoms with van der Waals surface area (Å²) >= 11 is 0. The number of nitrogens with one attached hydrogen (secondary N) is 1. The summed E-state index contributed by atoms with van der Waals surface area (Å²) in [7, 11) is 4.08. The number of carbonyl (C=O) groups excluding carboxylic acids is 1. The third-order valence-electron chi connectivity index (χ3n) is 4.14. The van der Waals surface area contributed by atoms with E-state index in [1.807, 2.05) is 14.1 Å². The number of nitrogens with zero attached hydrogens (tertiary/aromatic N) is 1. The van der Waals surface area contributed by atoms with Gasteiger partial charge in [0.1, 0.15) is 0 Å². The van der Waals surface area contributed by atoms with Crippen LogP contribution in [0, 0.1) is 5.92 Å². The number of hydrogen-bond acceptors (Lipinski definition) is 2. The van der Waals surface area contributed by atoms with Gasteiger partial charge < -0.3 is 10.2 Å². The Bertz CT molecular complexity index is 419. The summed E-state index contributed by atoms with van der Waals surface area (Å²) < 4.78 is 0. The lowest BCUT2D eigenvalue weighted by Gasteiger charge is -2.20. The van der Waals surface area contributed by atoms with E-state index in [2.05, 4.69) is 34.5 Å². The van der Waals surface area contributed by atoms with Crippen LogP contribution in [0.3, 0.4) is 0 Å². The Morgan fingerprint density at radius 2 is 1.80 bits per heavy atom. The maximum Gasteiger partial charge on any atom is 0.223 e. The Morgan fingerprint density at radius 1 is 1.15 bits per heavy atom. The third-order valence-corrected chi connectivity index (χ3v) is 4.14. The van der Waals surface area contributed by atoms with E-state index in [-0.39, 0.29) is 11.8 Å². The molecule has 3 heteroatoms. The molecule has 0 aromatic heterocycles. The van der Waals surface area contributed by atoms with Crippen molar-refractivity contribution in [2.24, 2.45) is 5.92 Å². The third kappa shape index (κ3) is 4.26. The van der Waals surface area contributed by atoms with Gasteiger partial charge >= 0.3 is 0 Å². The van der Waals surface area contributed by atoms with Gasteiger partial charge in [0.15, 0.2) is 0 Å². The van der Waals surface area contributed by atoms with Gasteiger partial charge in [-0.25, -0.2) is 0 Å². The summed E-state index contributed by atoms with van der Waals surface area (Å²) in [6, 6.07) is 8.53. The van der Waals surface area contributed by atoms with Crippen LogP contribution in [0.4, 0.5) is 5.69 Å². The second-order valence-corrected chi connectivity index (χ2v) is 5.94. The summed E-state index contributed by atoms with van der Waals surface area (Å²) in [5.74, 6) is 0.523. The molecule has 2 rings (SSSR count). The van der Waals surface area contributed by atoms with Crippen LogP contribution in [-0.4, -0.2) is 26.5 Å². The molecule has 0 unspecified atom stereocenters. The molecule has 1 fully saturated rings. The van der Waals surface area contributed by atoms with E-state index >= 15 is 0 Å². The van der Waals surface area contributed by atoms with Crippen LogP contribution in [0.2, 0.25) is 0 Å². The molecule has 0 aliphatic heterocycles. The van der Waals surface area contributed by atoms with Crippen molar-refractivity contribution in [2.75, 3.05) is 25.5 Å². The van der Waals surface area contributed by atoms with E-state index in [4.69, 9.17) is 0 Å². The normalized spacial score (nSPS) is 15.9. The summed E-state index contributed by atoms with van der Waals surface area (Å²) in [6.07, 6.45) is 6.77. The minimum Gasteiger partial charge on any atom is -0.378 e. The van der Waals surface area contributed by atoms with Crippen LogP contribution >= 0.6 is 0 Å². The van der Waals surface area contributed by atoms with E-state index < -0.39 is 0 Å². The molecule has 3 nitrogen and oxygen atoms in total. The van der Waals surface area contributed by atoms with Gasteiger partial charge in [0.05, 0.1) is 0 Å². The molecule has 20 heavy (non-hydrogen) atoms. The van der Waals surface area contributed by atoms with E-state index in [0.29, 0.717) is 0 Å². The SMILES string of the molecule is CN(C)c1ccc(CCNC(=O)C2CCCCC2)cc1. The predicted molar refractivity (Wildman–Crippen MR) is 84.1 cm³/mol. The first kappa shape index (κ1) is 14.9. The fourth-order valence-corrected chi connectivity index (χ4v) is 2.80. The topological polar surface area (TPSA) is 32.3 Å². The molecule has 1 aliphatic carbocycles. The lowest BCUT2D eigenvalue weighted by atomic mass is 9.88. The lowest BCUT2D eigenvalue weighted by molar-refractivity contribution is -0.125. The van der Waals surface area contributed by atoms with Gasteiger partial charge in [0.2, 0.25) is 5.91 Å². The maximum absolute atomic E-state index is 12.0. The van der Waals surface area contributed by atoms with Crippen LogP contribution in [0.15, 0.2) is 24.3 Å². The van der Waals surface area contributed by atoms with Crippen LogP contribution in [-0.2, 0) is 11.2 Å². The Balaban J connectivity index is 1.73. The zero-order valence-corrected chi connectivity index (χ0v) is 12.7. The van der Waals surface area contributed by atoms with Crippen molar-refractivity contribution in [1.29, 1.82) is 0 Å². The van der Waals surface area contributed by atoms with Gasteiger partial charge in [-0.2, -0.15) is 0 Å². The minimum atomic E-state index is 0.259. The fourth-order valence-electron chi connectivity index (χ4n) is 2.80. The highest BCUT2D eigenvalue weighted by molar-refractivity contribution is 5.78. The number of amides is 1. The van der Waals surface area contributed by atoms with E-state index in [0.717, 1.165) is 25.8 Å². The summed E-state index contributed by atoms with van der Waals surface area (Å²) in [5, 5.41) is 3.09. The van der Waals surface area contributed by atoms with Crippen LogP contribution in [0.5, 0.6) is 0 Å². The predicted octanol–water partition coefficient (Wildman–Crippen LogP) is 2.99. The van der Waals surface area contributed by atoms with Crippen molar-refractivity contribution in [3.63, 3.8) is 0 Å². The Hall–Kier alpha value is -1.51. The van der Waals surface area contributed by atoms with Crippen molar-refractivity contribution in [2.45, 2.75) is 38.5 Å². The first-order valence-electron chi connectivity index (χ1n) is 7.71. The molecule has 0 radical (unpaired) electrons. The van der Waals surface area contributed by atoms with E-state index in [1.54, 1.807) is 0 Å². The molecule has 1 N–H and O–H groups in total. The van der Waals surface area contributed by atoms with Crippen molar-refractivity contribution in [3.05, 3.63) is 29.8 Å². The van der Waals surface area contributed by atoms with E-state index in [1.165, 1.54) is 30.5 Å². The Morgan fingerprint density at radius 3 is 2.40 bits per heavy atom. The average Bonchev–Trinajstić information content (AvgIpc) is 2.48. The Kier molecular flexibility index (Phi) is 5.45. The minimum absolute atomic E-state index is 0.259. The fraction of sp³-hybridized carbons (Fsp3) is 0.588. The molecule has 0 heterocycles. The van der Waals surface area contributed by atoms with Crippen LogP contribution in [0.1, 0.15) is 37.7 Å². The number of hydrogen-bond donors (Lipinski definition) is 1. The standard InChI is InChI=1S/C17H26N2O/c1-19(2)16-10-8-14(9-11-16)12-13-18-17(20)15-6-4-3-5-7-15/h8-11,15H,3-7,12-13H2,1-2H3,(H,18,20). The van der Waals surface area contributed by atoms with Gasteiger partial charge in [0.25, 0.3) is 0 Å². The Labute approximate surface area is 122 Å². The summed E-state index contributed by atoms with van der Waals surface area (Å²) in [6.45, 7) is 0.747. The molecule has 110 valence electrons. The number of benzene rings is 1. The largest absolute Gasteiger partial charge is 0.378 e. The van der Waals surface area contributed by atoms with Crippen molar-refractivity contribution in [3.8, 4) is 0 Å².